The molecule has 0 aliphatic carbocycles. The Morgan fingerprint density at radius 1 is 1.02 bits per heavy atom. The lowest BCUT2D eigenvalue weighted by atomic mass is 9.96. The lowest BCUT2D eigenvalue weighted by Crippen LogP contribution is -2.57. The summed E-state index contributed by atoms with van der Waals surface area (Å²) in [5.74, 6) is 0.830. The predicted octanol–water partition coefficient (Wildman–Crippen LogP) is 6.27. The summed E-state index contributed by atoms with van der Waals surface area (Å²) in [7, 11) is 0. The Labute approximate surface area is 241 Å². The number of carbonyl (C=O) groups excluding carboxylic acids is 1. The van der Waals surface area contributed by atoms with Crippen molar-refractivity contribution in [2.75, 3.05) is 13.2 Å². The molecule has 3 fully saturated rings. The molecule has 2 bridgehead atoms. The van der Waals surface area contributed by atoms with Crippen molar-refractivity contribution in [2.24, 2.45) is 0 Å². The van der Waals surface area contributed by atoms with Crippen LogP contribution < -0.4 is 10.1 Å². The minimum absolute atomic E-state index is 0.0181. The van der Waals surface area contributed by atoms with Gasteiger partial charge in [-0.2, -0.15) is 5.10 Å². The first-order valence-corrected chi connectivity index (χ1v) is 15.1. The molecule has 0 radical (unpaired) electrons. The van der Waals surface area contributed by atoms with Crippen LogP contribution in [0.2, 0.25) is 0 Å². The first kappa shape index (κ1) is 26.2. The summed E-state index contributed by atoms with van der Waals surface area (Å²) in [6, 6.07) is 26.0. The van der Waals surface area contributed by atoms with Crippen LogP contribution in [0.4, 0.5) is 0 Å². The lowest BCUT2D eigenvalue weighted by molar-refractivity contribution is -0.102. The number of hydrogen-bond donors (Lipinski definition) is 2. The van der Waals surface area contributed by atoms with Crippen LogP contribution in [0.25, 0.3) is 22.2 Å². The van der Waals surface area contributed by atoms with E-state index in [9.17, 15) is 4.79 Å². The summed E-state index contributed by atoms with van der Waals surface area (Å²) in [6.45, 7) is 3.92. The number of aromatic amines is 1. The van der Waals surface area contributed by atoms with Gasteiger partial charge in [-0.1, -0.05) is 43.7 Å². The van der Waals surface area contributed by atoms with Gasteiger partial charge in [0.15, 0.2) is 0 Å². The highest BCUT2D eigenvalue weighted by Gasteiger charge is 2.46. The van der Waals surface area contributed by atoms with Crippen molar-refractivity contribution in [3.05, 3.63) is 83.9 Å². The Kier molecular flexibility index (Phi) is 7.23. The van der Waals surface area contributed by atoms with Gasteiger partial charge in [-0.25, -0.2) is 0 Å². The molecule has 1 aromatic heterocycles. The molecule has 3 aliphatic rings. The molecule has 4 heterocycles. The molecule has 0 saturated carbocycles. The number of amides is 1. The van der Waals surface area contributed by atoms with Crippen LogP contribution in [-0.2, 0) is 4.74 Å². The number of benzene rings is 3. The molecular formula is C34H38N4O3. The number of fused-ring (bicyclic) bond motifs is 3. The summed E-state index contributed by atoms with van der Waals surface area (Å²) in [5.41, 5.74) is 4.49. The molecule has 2 N–H and O–H groups in total. The zero-order chi connectivity index (χ0) is 27.8. The average molecular weight is 551 g/mol. The van der Waals surface area contributed by atoms with E-state index in [2.05, 4.69) is 63.7 Å². The molecule has 7 rings (SSSR count). The molecule has 3 aliphatic heterocycles. The van der Waals surface area contributed by atoms with Crippen molar-refractivity contribution in [1.82, 2.24) is 20.4 Å². The monoisotopic (exact) mass is 550 g/mol. The molecule has 3 aromatic carbocycles. The van der Waals surface area contributed by atoms with Gasteiger partial charge in [0.25, 0.3) is 5.91 Å². The van der Waals surface area contributed by atoms with Gasteiger partial charge in [0, 0.05) is 28.6 Å². The Hall–Kier alpha value is -3.68. The number of ether oxygens (including phenoxy) is 2. The summed E-state index contributed by atoms with van der Waals surface area (Å²) in [5, 5.41) is 11.9. The maximum absolute atomic E-state index is 13.3. The van der Waals surface area contributed by atoms with E-state index in [1.54, 1.807) is 0 Å². The fraction of sp³-hybridized carbons (Fsp3) is 0.412. The predicted molar refractivity (Wildman–Crippen MR) is 160 cm³/mol. The first-order valence-electron chi connectivity index (χ1n) is 15.1. The SMILES string of the molecule is CCC[C@H](NC(=O)c1ccc2[nH]nc(-c3ccc(O[C@H]4C[C@H]5CC[C@@H](C4)N5C4COC4)cc3)c2c1)c1ccccc1. The quantitative estimate of drug-likeness (QED) is 0.257. The second-order valence-electron chi connectivity index (χ2n) is 11.8. The van der Waals surface area contributed by atoms with Crippen LogP contribution in [0, 0.1) is 0 Å². The minimum Gasteiger partial charge on any atom is -0.490 e. The van der Waals surface area contributed by atoms with E-state index < -0.39 is 0 Å². The molecule has 0 spiro atoms. The Balaban J connectivity index is 1.05. The van der Waals surface area contributed by atoms with Gasteiger partial charge < -0.3 is 14.8 Å². The molecule has 4 atom stereocenters. The molecular weight excluding hydrogens is 512 g/mol. The second-order valence-corrected chi connectivity index (χ2v) is 11.8. The van der Waals surface area contributed by atoms with E-state index >= 15 is 0 Å². The zero-order valence-electron chi connectivity index (χ0n) is 23.6. The molecule has 0 unspecified atom stereocenters. The normalized spacial score (nSPS) is 23.3. The Morgan fingerprint density at radius 3 is 2.46 bits per heavy atom. The van der Waals surface area contributed by atoms with Crippen molar-refractivity contribution in [2.45, 2.75) is 75.7 Å². The highest BCUT2D eigenvalue weighted by molar-refractivity contribution is 6.01. The number of piperidine rings is 1. The van der Waals surface area contributed by atoms with Gasteiger partial charge in [0.1, 0.15) is 11.9 Å². The highest BCUT2D eigenvalue weighted by Crippen LogP contribution is 2.40. The molecule has 4 aromatic rings. The summed E-state index contributed by atoms with van der Waals surface area (Å²) in [6.07, 6.45) is 6.87. The van der Waals surface area contributed by atoms with Crippen LogP contribution in [0.3, 0.4) is 0 Å². The van der Waals surface area contributed by atoms with Crippen molar-refractivity contribution in [1.29, 1.82) is 0 Å². The van der Waals surface area contributed by atoms with Gasteiger partial charge in [0.2, 0.25) is 0 Å². The zero-order valence-corrected chi connectivity index (χ0v) is 23.6. The van der Waals surface area contributed by atoms with Crippen molar-refractivity contribution in [3.63, 3.8) is 0 Å². The van der Waals surface area contributed by atoms with Crippen molar-refractivity contribution < 1.29 is 14.3 Å². The maximum Gasteiger partial charge on any atom is 0.251 e. The maximum atomic E-state index is 13.3. The molecule has 7 nitrogen and oxygen atoms in total. The summed E-state index contributed by atoms with van der Waals surface area (Å²) >= 11 is 0. The molecule has 7 heteroatoms. The van der Waals surface area contributed by atoms with E-state index in [4.69, 9.17) is 9.47 Å². The van der Waals surface area contributed by atoms with E-state index in [0.29, 0.717) is 23.7 Å². The van der Waals surface area contributed by atoms with Gasteiger partial charge >= 0.3 is 0 Å². The summed E-state index contributed by atoms with van der Waals surface area (Å²) in [4.78, 5) is 16.0. The van der Waals surface area contributed by atoms with Gasteiger partial charge in [-0.15, -0.1) is 0 Å². The number of carbonyl (C=O) groups is 1. The van der Waals surface area contributed by atoms with Crippen molar-refractivity contribution in [3.8, 4) is 17.0 Å². The number of aromatic nitrogens is 2. The van der Waals surface area contributed by atoms with Crippen molar-refractivity contribution >= 4 is 16.8 Å². The smallest absolute Gasteiger partial charge is 0.251 e. The second kappa shape index (κ2) is 11.3. The number of H-pyrrole nitrogens is 1. The largest absolute Gasteiger partial charge is 0.490 e. The molecule has 212 valence electrons. The highest BCUT2D eigenvalue weighted by atomic mass is 16.5. The standard InChI is InChI=1S/C34H38N4O3/c1-2-6-31(22-7-4-3-5-8-22)35-34(39)24-11-16-32-30(17-24)33(37-36-32)23-9-14-28(15-10-23)41-29-18-25-12-13-26(19-29)38(25)27-20-40-21-27/h3-5,7-11,14-17,25-27,29,31H,2,6,12-13,18-21H2,1H3,(H,35,39)(H,36,37)/t25-,26+,29+,31-/m0/s1. The number of nitrogens with zero attached hydrogens (tertiary/aromatic N) is 2. The lowest BCUT2D eigenvalue weighted by Gasteiger charge is -2.46. The van der Waals surface area contributed by atoms with E-state index in [1.165, 1.54) is 12.8 Å². The van der Waals surface area contributed by atoms with Crippen LogP contribution in [0.5, 0.6) is 5.75 Å². The van der Waals surface area contributed by atoms with E-state index in [-0.39, 0.29) is 18.1 Å². The van der Waals surface area contributed by atoms with Crippen LogP contribution in [-0.4, -0.2) is 58.4 Å². The average Bonchev–Trinajstić information content (AvgIpc) is 3.50. The van der Waals surface area contributed by atoms with Gasteiger partial charge in [-0.3, -0.25) is 14.8 Å². The molecule has 3 saturated heterocycles. The third-order valence-electron chi connectivity index (χ3n) is 9.13. The van der Waals surface area contributed by atoms with Crippen LogP contribution in [0.1, 0.15) is 67.4 Å². The third-order valence-corrected chi connectivity index (χ3v) is 9.13. The van der Waals surface area contributed by atoms with E-state index in [0.717, 1.165) is 72.4 Å². The van der Waals surface area contributed by atoms with E-state index in [1.807, 2.05) is 36.4 Å². The number of nitrogens with one attached hydrogen (secondary N) is 2. The molecule has 41 heavy (non-hydrogen) atoms. The number of rotatable bonds is 9. The van der Waals surface area contributed by atoms with Crippen LogP contribution >= 0.6 is 0 Å². The Bertz CT molecular complexity index is 1480. The topological polar surface area (TPSA) is 79.5 Å². The fourth-order valence-corrected chi connectivity index (χ4v) is 7.05. The third kappa shape index (κ3) is 5.24. The molecule has 1 amide bonds. The van der Waals surface area contributed by atoms with Gasteiger partial charge in [-0.05, 0) is 80.1 Å². The number of hydrogen-bond acceptors (Lipinski definition) is 5. The Morgan fingerprint density at radius 2 is 1.78 bits per heavy atom. The van der Waals surface area contributed by atoms with Gasteiger partial charge in [0.05, 0.1) is 36.5 Å². The first-order chi connectivity index (χ1) is 20.2. The fourth-order valence-electron chi connectivity index (χ4n) is 7.05. The minimum atomic E-state index is -0.0741. The van der Waals surface area contributed by atoms with Crippen LogP contribution in [0.15, 0.2) is 72.8 Å². The summed E-state index contributed by atoms with van der Waals surface area (Å²) < 4.78 is 11.9.